The maximum absolute atomic E-state index is 4.87. The zero-order valence-electron chi connectivity index (χ0n) is 6.25. The fourth-order valence-electron chi connectivity index (χ4n) is 1.00. The first-order valence-corrected chi connectivity index (χ1v) is 3.99. The Morgan fingerprint density at radius 1 is 0.900 bits per heavy atom. The van der Waals surface area contributed by atoms with Crippen LogP contribution in [0, 0.1) is 0 Å². The zero-order chi connectivity index (χ0) is 7.07. The molecule has 0 amide bonds. The summed E-state index contributed by atoms with van der Waals surface area (Å²) in [5.41, 5.74) is 0. The van der Waals surface area contributed by atoms with Crippen LogP contribution in [0.4, 0.5) is 0 Å². The SMILES string of the molecule is C1CCC/N=N\OCCC1. The third kappa shape index (κ3) is 3.43. The second kappa shape index (κ2) is 5.21. The molecule has 1 rings (SSSR count). The second-order valence-electron chi connectivity index (χ2n) is 2.55. The minimum absolute atomic E-state index is 0.740. The molecule has 0 spiro atoms. The lowest BCUT2D eigenvalue weighted by molar-refractivity contribution is 0.116. The minimum Gasteiger partial charge on any atom is -0.380 e. The lowest BCUT2D eigenvalue weighted by Crippen LogP contribution is -1.91. The summed E-state index contributed by atoms with van der Waals surface area (Å²) in [6.45, 7) is 1.57. The van der Waals surface area contributed by atoms with E-state index < -0.39 is 0 Å². The molecule has 0 saturated heterocycles. The first-order chi connectivity index (χ1) is 5.00. The number of rotatable bonds is 0. The largest absolute Gasteiger partial charge is 0.380 e. The molecule has 0 aliphatic carbocycles. The molecule has 0 bridgehead atoms. The Labute approximate surface area is 61.4 Å². The normalized spacial score (nSPS) is 24.8. The van der Waals surface area contributed by atoms with E-state index in [0.717, 1.165) is 26.0 Å². The van der Waals surface area contributed by atoms with Crippen LogP contribution < -0.4 is 0 Å². The summed E-state index contributed by atoms with van der Waals surface area (Å²) in [7, 11) is 0. The topological polar surface area (TPSA) is 34.0 Å². The van der Waals surface area contributed by atoms with E-state index in [1.54, 1.807) is 0 Å². The average molecular weight is 142 g/mol. The third-order valence-corrected chi connectivity index (χ3v) is 1.61. The number of nitrogens with zero attached hydrogens (tertiary/aromatic N) is 2. The summed E-state index contributed by atoms with van der Waals surface area (Å²) in [6.07, 6.45) is 6.17. The predicted octanol–water partition coefficient (Wildman–Crippen LogP) is 2.33. The molecule has 0 atom stereocenters. The third-order valence-electron chi connectivity index (χ3n) is 1.61. The van der Waals surface area contributed by atoms with Gasteiger partial charge in [0.05, 0.1) is 6.54 Å². The summed E-state index contributed by atoms with van der Waals surface area (Å²) >= 11 is 0. The van der Waals surface area contributed by atoms with E-state index in [1.807, 2.05) is 0 Å². The predicted molar refractivity (Wildman–Crippen MR) is 38.8 cm³/mol. The summed E-state index contributed by atoms with van der Waals surface area (Å²) in [5, 5.41) is 7.39. The van der Waals surface area contributed by atoms with Gasteiger partial charge in [-0.25, -0.2) is 0 Å². The number of hydrogen-bond acceptors (Lipinski definition) is 3. The molecular formula is C7H14N2O. The Morgan fingerprint density at radius 3 is 2.70 bits per heavy atom. The Hall–Kier alpha value is -0.600. The van der Waals surface area contributed by atoms with Gasteiger partial charge >= 0.3 is 0 Å². The molecule has 0 aromatic heterocycles. The second-order valence-corrected chi connectivity index (χ2v) is 2.55. The lowest BCUT2D eigenvalue weighted by atomic mass is 10.1. The molecule has 3 heteroatoms. The lowest BCUT2D eigenvalue weighted by Gasteiger charge is -2.01. The molecule has 1 aliphatic rings. The zero-order valence-corrected chi connectivity index (χ0v) is 6.25. The Bertz CT molecular complexity index is 91.8. The highest BCUT2D eigenvalue weighted by Crippen LogP contribution is 2.05. The highest BCUT2D eigenvalue weighted by molar-refractivity contribution is 4.46. The van der Waals surface area contributed by atoms with Gasteiger partial charge in [-0.3, -0.25) is 0 Å². The Morgan fingerprint density at radius 2 is 1.70 bits per heavy atom. The molecule has 0 aromatic rings. The van der Waals surface area contributed by atoms with Crippen molar-refractivity contribution in [1.29, 1.82) is 0 Å². The Balaban J connectivity index is 2.13. The molecule has 0 radical (unpaired) electrons. The van der Waals surface area contributed by atoms with Gasteiger partial charge in [-0.15, -0.1) is 0 Å². The van der Waals surface area contributed by atoms with Crippen molar-refractivity contribution >= 4 is 0 Å². The molecule has 0 saturated carbocycles. The molecule has 0 aromatic carbocycles. The molecule has 58 valence electrons. The van der Waals surface area contributed by atoms with Gasteiger partial charge in [0.15, 0.2) is 0 Å². The molecule has 3 nitrogen and oxygen atoms in total. The van der Waals surface area contributed by atoms with Crippen LogP contribution in [-0.2, 0) is 4.84 Å². The molecular weight excluding hydrogens is 128 g/mol. The summed E-state index contributed by atoms with van der Waals surface area (Å²) in [6, 6.07) is 0. The van der Waals surface area contributed by atoms with Crippen LogP contribution in [0.15, 0.2) is 10.4 Å². The monoisotopic (exact) mass is 142 g/mol. The average Bonchev–Trinajstić information content (AvgIpc) is 2.01. The van der Waals surface area contributed by atoms with Crippen LogP contribution in [0.1, 0.15) is 32.1 Å². The first-order valence-electron chi connectivity index (χ1n) is 3.99. The fraction of sp³-hybridized carbons (Fsp3) is 1.00. The minimum atomic E-state index is 0.740. The van der Waals surface area contributed by atoms with Crippen molar-refractivity contribution in [3.8, 4) is 0 Å². The van der Waals surface area contributed by atoms with Gasteiger partial charge in [0.25, 0.3) is 0 Å². The van der Waals surface area contributed by atoms with Crippen molar-refractivity contribution in [3.63, 3.8) is 0 Å². The quantitative estimate of drug-likeness (QED) is 0.511. The van der Waals surface area contributed by atoms with Crippen molar-refractivity contribution in [2.45, 2.75) is 32.1 Å². The summed E-state index contributed by atoms with van der Waals surface area (Å²) in [4.78, 5) is 4.87. The van der Waals surface area contributed by atoms with E-state index >= 15 is 0 Å². The first kappa shape index (κ1) is 7.51. The van der Waals surface area contributed by atoms with Crippen LogP contribution in [-0.4, -0.2) is 13.2 Å². The van der Waals surface area contributed by atoms with Crippen LogP contribution in [0.25, 0.3) is 0 Å². The van der Waals surface area contributed by atoms with Crippen molar-refractivity contribution in [2.75, 3.05) is 13.2 Å². The van der Waals surface area contributed by atoms with Gasteiger partial charge in [-0.05, 0) is 19.3 Å². The summed E-state index contributed by atoms with van der Waals surface area (Å²) < 4.78 is 0. The van der Waals surface area contributed by atoms with Gasteiger partial charge in [0.1, 0.15) is 6.61 Å². The Kier molecular flexibility index (Phi) is 3.91. The molecule has 1 aliphatic heterocycles. The van der Waals surface area contributed by atoms with E-state index in [1.165, 1.54) is 19.3 Å². The van der Waals surface area contributed by atoms with E-state index in [0.29, 0.717) is 0 Å². The van der Waals surface area contributed by atoms with Gasteiger partial charge < -0.3 is 4.84 Å². The van der Waals surface area contributed by atoms with E-state index in [2.05, 4.69) is 10.4 Å². The fourth-order valence-corrected chi connectivity index (χ4v) is 1.00. The highest BCUT2D eigenvalue weighted by atomic mass is 16.6. The van der Waals surface area contributed by atoms with Crippen LogP contribution in [0.2, 0.25) is 0 Å². The van der Waals surface area contributed by atoms with Crippen molar-refractivity contribution in [2.24, 2.45) is 10.4 Å². The van der Waals surface area contributed by atoms with Crippen LogP contribution in [0.5, 0.6) is 0 Å². The number of hydrogen-bond donors (Lipinski definition) is 0. The van der Waals surface area contributed by atoms with Crippen LogP contribution >= 0.6 is 0 Å². The van der Waals surface area contributed by atoms with E-state index in [4.69, 9.17) is 4.84 Å². The summed E-state index contributed by atoms with van der Waals surface area (Å²) in [5.74, 6) is 0. The van der Waals surface area contributed by atoms with Gasteiger partial charge in [0.2, 0.25) is 0 Å². The molecule has 0 unspecified atom stereocenters. The van der Waals surface area contributed by atoms with Crippen molar-refractivity contribution in [1.82, 2.24) is 0 Å². The standard InChI is InChI=1S/C7H14N2O/c1-2-4-6-8-9-10-7-5-3-1/h1-7H2/b9-8-. The van der Waals surface area contributed by atoms with Gasteiger partial charge in [-0.2, -0.15) is 5.11 Å². The maximum atomic E-state index is 4.87. The van der Waals surface area contributed by atoms with Gasteiger partial charge in [0, 0.05) is 5.28 Å². The van der Waals surface area contributed by atoms with Gasteiger partial charge in [-0.1, -0.05) is 12.8 Å². The van der Waals surface area contributed by atoms with Crippen molar-refractivity contribution in [3.05, 3.63) is 0 Å². The van der Waals surface area contributed by atoms with E-state index in [9.17, 15) is 0 Å². The molecule has 0 fully saturated rings. The van der Waals surface area contributed by atoms with E-state index in [-0.39, 0.29) is 0 Å². The molecule has 1 heterocycles. The van der Waals surface area contributed by atoms with Crippen molar-refractivity contribution < 1.29 is 4.84 Å². The van der Waals surface area contributed by atoms with Crippen LogP contribution in [0.3, 0.4) is 0 Å². The molecule has 0 N–H and O–H groups in total. The maximum Gasteiger partial charge on any atom is 0.119 e. The smallest absolute Gasteiger partial charge is 0.119 e. The highest BCUT2D eigenvalue weighted by Gasteiger charge is 1.92. The molecule has 10 heavy (non-hydrogen) atoms.